The third-order valence-corrected chi connectivity index (χ3v) is 3.07. The van der Waals surface area contributed by atoms with Gasteiger partial charge in [-0.1, -0.05) is 0 Å². The molecule has 0 aliphatic carbocycles. The predicted octanol–water partition coefficient (Wildman–Crippen LogP) is 2.77. The topological polar surface area (TPSA) is 42.0 Å². The maximum absolute atomic E-state index is 12.7. The van der Waals surface area contributed by atoms with Gasteiger partial charge in [-0.25, -0.2) is 9.37 Å². The van der Waals surface area contributed by atoms with Crippen molar-refractivity contribution < 1.29 is 9.18 Å². The molecule has 1 aromatic heterocycles. The quantitative estimate of drug-likeness (QED) is 0.910. The number of rotatable bonds is 3. The first-order valence-electron chi connectivity index (χ1n) is 5.10. The van der Waals surface area contributed by atoms with Crippen LogP contribution in [0.4, 0.5) is 10.1 Å². The molecule has 0 aliphatic rings. The lowest BCUT2D eigenvalue weighted by Crippen LogP contribution is -2.14. The van der Waals surface area contributed by atoms with E-state index in [0.29, 0.717) is 5.69 Å². The monoisotopic (exact) mass is 250 g/mol. The number of anilines is 1. The summed E-state index contributed by atoms with van der Waals surface area (Å²) in [5, 5.41) is 5.37. The molecule has 0 bridgehead atoms. The van der Waals surface area contributed by atoms with Crippen LogP contribution in [-0.4, -0.2) is 10.9 Å². The van der Waals surface area contributed by atoms with Crippen LogP contribution in [0.2, 0.25) is 0 Å². The molecule has 0 unspecified atom stereocenters. The zero-order valence-electron chi connectivity index (χ0n) is 9.24. The fraction of sp³-hybridized carbons (Fsp3) is 0.167. The minimum absolute atomic E-state index is 0.147. The van der Waals surface area contributed by atoms with Gasteiger partial charge in [0.05, 0.1) is 6.42 Å². The molecule has 2 aromatic rings. The van der Waals surface area contributed by atoms with Crippen LogP contribution in [-0.2, 0) is 11.2 Å². The van der Waals surface area contributed by atoms with Crippen LogP contribution in [0.15, 0.2) is 29.6 Å². The molecule has 2 rings (SSSR count). The summed E-state index contributed by atoms with van der Waals surface area (Å²) >= 11 is 1.46. The fourth-order valence-corrected chi connectivity index (χ4v) is 2.13. The Labute approximate surface area is 102 Å². The van der Waals surface area contributed by atoms with Gasteiger partial charge in [-0.2, -0.15) is 0 Å². The number of aromatic nitrogens is 1. The molecule has 1 amide bonds. The summed E-state index contributed by atoms with van der Waals surface area (Å²) in [6.45, 7) is 1.89. The first-order chi connectivity index (χ1) is 8.13. The van der Waals surface area contributed by atoms with Crippen LogP contribution < -0.4 is 5.32 Å². The molecule has 0 atom stereocenters. The van der Waals surface area contributed by atoms with Crippen molar-refractivity contribution in [1.29, 1.82) is 0 Å². The molecule has 1 heterocycles. The van der Waals surface area contributed by atoms with E-state index in [1.165, 1.54) is 35.6 Å². The van der Waals surface area contributed by atoms with Gasteiger partial charge in [-0.3, -0.25) is 4.79 Å². The number of carbonyl (C=O) groups is 1. The number of amides is 1. The third kappa shape index (κ3) is 3.35. The van der Waals surface area contributed by atoms with Crippen molar-refractivity contribution in [2.45, 2.75) is 13.3 Å². The Morgan fingerprint density at radius 2 is 2.12 bits per heavy atom. The number of thiazole rings is 1. The van der Waals surface area contributed by atoms with Gasteiger partial charge in [-0.05, 0) is 31.2 Å². The largest absolute Gasteiger partial charge is 0.326 e. The average molecular weight is 250 g/mol. The Morgan fingerprint density at radius 3 is 2.71 bits per heavy atom. The normalized spacial score (nSPS) is 10.2. The van der Waals surface area contributed by atoms with Crippen LogP contribution in [0.5, 0.6) is 0 Å². The van der Waals surface area contributed by atoms with Gasteiger partial charge in [0.2, 0.25) is 5.91 Å². The van der Waals surface area contributed by atoms with Crippen LogP contribution in [0.1, 0.15) is 10.7 Å². The standard InChI is InChI=1S/C12H11FN2OS/c1-8-7-17-12(14-8)6-11(16)15-10-4-2-9(13)3-5-10/h2-5,7H,6H2,1H3,(H,15,16). The number of halogens is 1. The maximum Gasteiger partial charge on any atom is 0.231 e. The van der Waals surface area contributed by atoms with E-state index in [4.69, 9.17) is 0 Å². The zero-order valence-corrected chi connectivity index (χ0v) is 10.1. The van der Waals surface area contributed by atoms with Crippen molar-refractivity contribution in [3.63, 3.8) is 0 Å². The minimum Gasteiger partial charge on any atom is -0.326 e. The second-order valence-electron chi connectivity index (χ2n) is 3.61. The molecule has 0 saturated heterocycles. The van der Waals surface area contributed by atoms with Gasteiger partial charge in [0.15, 0.2) is 0 Å². The highest BCUT2D eigenvalue weighted by molar-refractivity contribution is 7.09. The van der Waals surface area contributed by atoms with Crippen molar-refractivity contribution in [3.8, 4) is 0 Å². The Bertz CT molecular complexity index is 522. The van der Waals surface area contributed by atoms with Crippen LogP contribution >= 0.6 is 11.3 Å². The first kappa shape index (κ1) is 11.7. The van der Waals surface area contributed by atoms with E-state index in [9.17, 15) is 9.18 Å². The lowest BCUT2D eigenvalue weighted by molar-refractivity contribution is -0.115. The minimum atomic E-state index is -0.321. The SMILES string of the molecule is Cc1csc(CC(=O)Nc2ccc(F)cc2)n1. The molecule has 88 valence electrons. The van der Waals surface area contributed by atoms with Crippen LogP contribution in [0.3, 0.4) is 0 Å². The molecule has 17 heavy (non-hydrogen) atoms. The number of hydrogen-bond donors (Lipinski definition) is 1. The number of benzene rings is 1. The zero-order chi connectivity index (χ0) is 12.3. The molecule has 0 radical (unpaired) electrons. The summed E-state index contributed by atoms with van der Waals surface area (Å²) in [6.07, 6.45) is 0.246. The number of nitrogens with one attached hydrogen (secondary N) is 1. The Morgan fingerprint density at radius 1 is 1.41 bits per heavy atom. The van der Waals surface area contributed by atoms with Gasteiger partial charge < -0.3 is 5.32 Å². The molecule has 0 fully saturated rings. The molecular formula is C12H11FN2OS. The molecule has 1 N–H and O–H groups in total. The second-order valence-corrected chi connectivity index (χ2v) is 4.56. The van der Waals surface area contributed by atoms with E-state index in [1.807, 2.05) is 12.3 Å². The summed E-state index contributed by atoms with van der Waals surface area (Å²) in [6, 6.07) is 5.67. The van der Waals surface area contributed by atoms with Gasteiger partial charge in [0.1, 0.15) is 10.8 Å². The van der Waals surface area contributed by atoms with Crippen molar-refractivity contribution >= 4 is 22.9 Å². The van der Waals surface area contributed by atoms with Crippen molar-refractivity contribution in [2.75, 3.05) is 5.32 Å². The van der Waals surface area contributed by atoms with E-state index in [-0.39, 0.29) is 18.1 Å². The average Bonchev–Trinajstić information content (AvgIpc) is 2.67. The van der Waals surface area contributed by atoms with E-state index in [2.05, 4.69) is 10.3 Å². The van der Waals surface area contributed by atoms with E-state index >= 15 is 0 Å². The lowest BCUT2D eigenvalue weighted by Gasteiger charge is -2.03. The molecule has 3 nitrogen and oxygen atoms in total. The highest BCUT2D eigenvalue weighted by Gasteiger charge is 2.07. The van der Waals surface area contributed by atoms with E-state index in [0.717, 1.165) is 10.7 Å². The number of carbonyl (C=O) groups excluding carboxylic acids is 1. The second kappa shape index (κ2) is 5.05. The van der Waals surface area contributed by atoms with E-state index in [1.54, 1.807) is 0 Å². The number of hydrogen-bond acceptors (Lipinski definition) is 3. The molecule has 5 heteroatoms. The Kier molecular flexibility index (Phi) is 3.49. The Balaban J connectivity index is 1.95. The summed E-state index contributed by atoms with van der Waals surface area (Å²) in [4.78, 5) is 15.8. The summed E-state index contributed by atoms with van der Waals surface area (Å²) in [5.41, 5.74) is 1.50. The van der Waals surface area contributed by atoms with E-state index < -0.39 is 0 Å². The predicted molar refractivity (Wildman–Crippen MR) is 65.6 cm³/mol. The van der Waals surface area contributed by atoms with Crippen molar-refractivity contribution in [3.05, 3.63) is 46.2 Å². The van der Waals surface area contributed by atoms with Gasteiger partial charge in [0, 0.05) is 16.8 Å². The Hall–Kier alpha value is -1.75. The smallest absolute Gasteiger partial charge is 0.231 e. The number of nitrogens with zero attached hydrogens (tertiary/aromatic N) is 1. The molecule has 0 aliphatic heterocycles. The molecule has 0 saturated carbocycles. The molecule has 1 aromatic carbocycles. The maximum atomic E-state index is 12.7. The van der Waals surface area contributed by atoms with Crippen LogP contribution in [0.25, 0.3) is 0 Å². The highest BCUT2D eigenvalue weighted by Crippen LogP contribution is 2.12. The van der Waals surface area contributed by atoms with Crippen LogP contribution in [0, 0.1) is 12.7 Å². The van der Waals surface area contributed by atoms with Crippen molar-refractivity contribution in [1.82, 2.24) is 4.98 Å². The highest BCUT2D eigenvalue weighted by atomic mass is 32.1. The van der Waals surface area contributed by atoms with Gasteiger partial charge >= 0.3 is 0 Å². The molecular weight excluding hydrogens is 239 g/mol. The van der Waals surface area contributed by atoms with Gasteiger partial charge in [0.25, 0.3) is 0 Å². The third-order valence-electron chi connectivity index (χ3n) is 2.11. The number of aryl methyl sites for hydroxylation is 1. The van der Waals surface area contributed by atoms with Crippen molar-refractivity contribution in [2.24, 2.45) is 0 Å². The summed E-state index contributed by atoms with van der Waals surface area (Å²) in [7, 11) is 0. The summed E-state index contributed by atoms with van der Waals surface area (Å²) < 4.78 is 12.7. The molecule has 0 spiro atoms. The fourth-order valence-electron chi connectivity index (χ4n) is 1.36. The van der Waals surface area contributed by atoms with Gasteiger partial charge in [-0.15, -0.1) is 11.3 Å². The summed E-state index contributed by atoms with van der Waals surface area (Å²) in [5.74, 6) is -0.468. The lowest BCUT2D eigenvalue weighted by atomic mass is 10.3. The first-order valence-corrected chi connectivity index (χ1v) is 5.98.